The Labute approximate surface area is 147 Å². The molecule has 0 saturated heterocycles. The number of esters is 1. The standard InChI is InChI=1S/C17H25N5O3/c1-12(9-23)5-7-18-15-14-16(20-10-19-15)22(11-21-14)8-6-13(24)25-17(2,3)4/h5,10-11,23H,6-9H2,1-4H3,(H,18,19,20)/b12-5+. The first kappa shape index (κ1) is 18.9. The third-order valence-electron chi connectivity index (χ3n) is 3.35. The Hall–Kier alpha value is -2.48. The molecule has 0 unspecified atom stereocenters. The number of rotatable bonds is 7. The van der Waals surface area contributed by atoms with Gasteiger partial charge in [-0.25, -0.2) is 15.0 Å². The minimum Gasteiger partial charge on any atom is -0.460 e. The summed E-state index contributed by atoms with van der Waals surface area (Å²) < 4.78 is 7.12. The number of carbonyl (C=O) groups excluding carboxylic acids is 1. The maximum Gasteiger partial charge on any atom is 0.308 e. The van der Waals surface area contributed by atoms with Gasteiger partial charge in [0.15, 0.2) is 11.5 Å². The molecule has 2 aromatic rings. The van der Waals surface area contributed by atoms with E-state index < -0.39 is 5.60 Å². The van der Waals surface area contributed by atoms with Gasteiger partial charge in [0.25, 0.3) is 0 Å². The highest BCUT2D eigenvalue weighted by Crippen LogP contribution is 2.18. The highest BCUT2D eigenvalue weighted by Gasteiger charge is 2.17. The lowest BCUT2D eigenvalue weighted by atomic mass is 10.2. The van der Waals surface area contributed by atoms with E-state index in [2.05, 4.69) is 20.3 Å². The zero-order chi connectivity index (χ0) is 18.4. The molecule has 8 heteroatoms. The molecular weight excluding hydrogens is 322 g/mol. The van der Waals surface area contributed by atoms with Gasteiger partial charge < -0.3 is 19.7 Å². The third-order valence-corrected chi connectivity index (χ3v) is 3.35. The summed E-state index contributed by atoms with van der Waals surface area (Å²) in [6, 6.07) is 0. The number of fused-ring (bicyclic) bond motifs is 1. The summed E-state index contributed by atoms with van der Waals surface area (Å²) in [7, 11) is 0. The third kappa shape index (κ3) is 5.53. The fourth-order valence-electron chi connectivity index (χ4n) is 2.16. The van der Waals surface area contributed by atoms with Crippen molar-refractivity contribution in [3.63, 3.8) is 0 Å². The van der Waals surface area contributed by atoms with Crippen molar-refractivity contribution in [2.45, 2.75) is 46.3 Å². The van der Waals surface area contributed by atoms with Crippen LogP contribution in [0.1, 0.15) is 34.1 Å². The maximum atomic E-state index is 11.9. The minimum absolute atomic E-state index is 0.0279. The van der Waals surface area contributed by atoms with Gasteiger partial charge in [-0.3, -0.25) is 4.79 Å². The Morgan fingerprint density at radius 1 is 1.36 bits per heavy atom. The molecule has 2 heterocycles. The van der Waals surface area contributed by atoms with Crippen molar-refractivity contribution in [3.8, 4) is 0 Å². The molecule has 25 heavy (non-hydrogen) atoms. The number of aliphatic hydroxyl groups excluding tert-OH is 1. The van der Waals surface area contributed by atoms with Gasteiger partial charge in [-0.1, -0.05) is 11.6 Å². The van der Waals surface area contributed by atoms with E-state index in [0.717, 1.165) is 5.57 Å². The summed E-state index contributed by atoms with van der Waals surface area (Å²) in [5.74, 6) is 0.356. The van der Waals surface area contributed by atoms with Gasteiger partial charge in [0.05, 0.1) is 19.4 Å². The van der Waals surface area contributed by atoms with Crippen molar-refractivity contribution in [2.75, 3.05) is 18.5 Å². The molecule has 0 bridgehead atoms. The molecule has 0 amide bonds. The fraction of sp³-hybridized carbons (Fsp3) is 0.529. The van der Waals surface area contributed by atoms with Crippen LogP contribution < -0.4 is 5.32 Å². The van der Waals surface area contributed by atoms with Crippen LogP contribution in [-0.4, -0.2) is 49.3 Å². The van der Waals surface area contributed by atoms with Gasteiger partial charge in [0, 0.05) is 13.1 Å². The lowest BCUT2D eigenvalue weighted by Crippen LogP contribution is -2.24. The van der Waals surface area contributed by atoms with Crippen molar-refractivity contribution in [1.29, 1.82) is 0 Å². The Morgan fingerprint density at radius 2 is 2.12 bits per heavy atom. The SMILES string of the molecule is C/C(=C\CNc1ncnc2c1ncn2CCC(=O)OC(C)(C)C)CO. The number of hydrogen-bond acceptors (Lipinski definition) is 7. The second kappa shape index (κ2) is 8.06. The average molecular weight is 347 g/mol. The molecule has 0 atom stereocenters. The summed E-state index contributed by atoms with van der Waals surface area (Å²) in [4.78, 5) is 24.7. The highest BCUT2D eigenvalue weighted by molar-refractivity contribution is 5.82. The first-order valence-corrected chi connectivity index (χ1v) is 8.18. The summed E-state index contributed by atoms with van der Waals surface area (Å²) >= 11 is 0. The first-order valence-electron chi connectivity index (χ1n) is 8.18. The van der Waals surface area contributed by atoms with Crippen LogP contribution in [0, 0.1) is 0 Å². The molecule has 0 fully saturated rings. The zero-order valence-corrected chi connectivity index (χ0v) is 15.1. The van der Waals surface area contributed by atoms with E-state index in [1.54, 1.807) is 10.9 Å². The number of imidazole rings is 1. The largest absolute Gasteiger partial charge is 0.460 e. The lowest BCUT2D eigenvalue weighted by molar-refractivity contribution is -0.155. The summed E-state index contributed by atoms with van der Waals surface area (Å²) in [6.45, 7) is 8.37. The number of nitrogens with one attached hydrogen (secondary N) is 1. The first-order chi connectivity index (χ1) is 11.8. The number of aryl methyl sites for hydroxylation is 1. The normalized spacial score (nSPS) is 12.4. The molecule has 0 saturated carbocycles. The van der Waals surface area contributed by atoms with Gasteiger partial charge in [0.2, 0.25) is 0 Å². The fourth-order valence-corrected chi connectivity index (χ4v) is 2.16. The van der Waals surface area contributed by atoms with Crippen LogP contribution >= 0.6 is 0 Å². The molecule has 136 valence electrons. The number of anilines is 1. The average Bonchev–Trinajstić information content (AvgIpc) is 2.95. The van der Waals surface area contributed by atoms with E-state index in [4.69, 9.17) is 9.84 Å². The molecule has 0 spiro atoms. The molecule has 0 aromatic carbocycles. The second-order valence-corrected chi connectivity index (χ2v) is 6.76. The molecule has 2 N–H and O–H groups in total. The molecule has 0 aliphatic carbocycles. The molecule has 8 nitrogen and oxygen atoms in total. The monoisotopic (exact) mass is 347 g/mol. The quantitative estimate of drug-likeness (QED) is 0.582. The van der Waals surface area contributed by atoms with E-state index in [1.165, 1.54) is 6.33 Å². The van der Waals surface area contributed by atoms with E-state index in [1.807, 2.05) is 33.8 Å². The Kier molecular flexibility index (Phi) is 6.08. The predicted octanol–water partition coefficient (Wildman–Crippen LogP) is 1.91. The van der Waals surface area contributed by atoms with Crippen LogP contribution in [0.15, 0.2) is 24.3 Å². The van der Waals surface area contributed by atoms with Gasteiger partial charge in [-0.05, 0) is 27.7 Å². The summed E-state index contributed by atoms with van der Waals surface area (Å²) in [5.41, 5.74) is 1.68. The van der Waals surface area contributed by atoms with Crippen LogP contribution in [0.3, 0.4) is 0 Å². The molecule has 0 radical (unpaired) electrons. The second-order valence-electron chi connectivity index (χ2n) is 6.76. The minimum atomic E-state index is -0.492. The Bertz CT molecular complexity index is 761. The maximum absolute atomic E-state index is 11.9. The number of hydrogen-bond donors (Lipinski definition) is 2. The van der Waals surface area contributed by atoms with Crippen LogP contribution in [0.2, 0.25) is 0 Å². The number of ether oxygens (including phenoxy) is 1. The van der Waals surface area contributed by atoms with E-state index in [-0.39, 0.29) is 19.0 Å². The van der Waals surface area contributed by atoms with Crippen LogP contribution in [0.25, 0.3) is 11.2 Å². The topological polar surface area (TPSA) is 102 Å². The van der Waals surface area contributed by atoms with Gasteiger partial charge in [0.1, 0.15) is 17.4 Å². The Balaban J connectivity index is 2.06. The summed E-state index contributed by atoms with van der Waals surface area (Å²) in [6.07, 6.45) is 5.23. The van der Waals surface area contributed by atoms with E-state index >= 15 is 0 Å². The summed E-state index contributed by atoms with van der Waals surface area (Å²) in [5, 5.41) is 12.2. The number of aromatic nitrogens is 4. The lowest BCUT2D eigenvalue weighted by Gasteiger charge is -2.19. The van der Waals surface area contributed by atoms with Gasteiger partial charge in [-0.2, -0.15) is 0 Å². The van der Waals surface area contributed by atoms with Crippen LogP contribution in [0.5, 0.6) is 0 Å². The van der Waals surface area contributed by atoms with Crippen LogP contribution in [0.4, 0.5) is 5.82 Å². The predicted molar refractivity (Wildman–Crippen MR) is 95.1 cm³/mol. The van der Waals surface area contributed by atoms with Crippen molar-refractivity contribution in [3.05, 3.63) is 24.3 Å². The number of carbonyl (C=O) groups is 1. The van der Waals surface area contributed by atoms with Crippen molar-refractivity contribution >= 4 is 23.0 Å². The van der Waals surface area contributed by atoms with Crippen molar-refractivity contribution in [1.82, 2.24) is 19.5 Å². The molecule has 0 aliphatic rings. The molecule has 2 aromatic heterocycles. The zero-order valence-electron chi connectivity index (χ0n) is 15.1. The molecule has 0 aliphatic heterocycles. The van der Waals surface area contributed by atoms with Gasteiger partial charge >= 0.3 is 5.97 Å². The van der Waals surface area contributed by atoms with Crippen LogP contribution in [-0.2, 0) is 16.1 Å². The molecular formula is C17H25N5O3. The number of nitrogens with zero attached hydrogens (tertiary/aromatic N) is 4. The Morgan fingerprint density at radius 3 is 2.80 bits per heavy atom. The highest BCUT2D eigenvalue weighted by atomic mass is 16.6. The number of aliphatic hydroxyl groups is 1. The smallest absolute Gasteiger partial charge is 0.308 e. The molecule has 2 rings (SSSR count). The van der Waals surface area contributed by atoms with Crippen molar-refractivity contribution < 1.29 is 14.6 Å². The van der Waals surface area contributed by atoms with Gasteiger partial charge in [-0.15, -0.1) is 0 Å². The van der Waals surface area contributed by atoms with E-state index in [0.29, 0.717) is 30.1 Å². The van der Waals surface area contributed by atoms with E-state index in [9.17, 15) is 4.79 Å². The van der Waals surface area contributed by atoms with Crippen molar-refractivity contribution in [2.24, 2.45) is 0 Å².